The van der Waals surface area contributed by atoms with Crippen LogP contribution in [0.5, 0.6) is 0 Å². The topological polar surface area (TPSA) is 60.4 Å². The Morgan fingerprint density at radius 2 is 1.79 bits per heavy atom. The number of hydrogen-bond acceptors (Lipinski definition) is 4. The first-order valence-corrected chi connectivity index (χ1v) is 13.4. The summed E-state index contributed by atoms with van der Waals surface area (Å²) in [5, 5.41) is 11.8. The molecule has 0 aliphatic carbocycles. The average Bonchev–Trinajstić information content (AvgIpc) is 3.42. The molecule has 1 fully saturated rings. The highest BCUT2D eigenvalue weighted by Crippen LogP contribution is 2.43. The molecule has 7 heteroatoms. The maximum Gasteiger partial charge on any atom is 0.128 e. The largest absolute Gasteiger partial charge is 0.469 e. The number of rotatable bonds is 5. The minimum absolute atomic E-state index is 0.000645. The Bertz CT molecular complexity index is 1670. The van der Waals surface area contributed by atoms with Gasteiger partial charge in [-0.05, 0) is 87.9 Å². The number of ether oxygens (including phenoxy) is 1. The lowest BCUT2D eigenvalue weighted by Gasteiger charge is -2.33. The predicted octanol–water partition coefficient (Wildman–Crippen LogP) is 7.59. The van der Waals surface area contributed by atoms with Gasteiger partial charge in [0.25, 0.3) is 0 Å². The van der Waals surface area contributed by atoms with Crippen molar-refractivity contribution in [3.8, 4) is 11.1 Å². The Hall–Kier alpha value is -3.55. The van der Waals surface area contributed by atoms with E-state index in [9.17, 15) is 9.50 Å². The Labute approximate surface area is 226 Å². The lowest BCUT2D eigenvalue weighted by atomic mass is 9.86. The standard InChI is InChI=1S/C32H32F2N2O3/c1-18-17-39-19(2)29(18)21-13-28-30(35-16-21)24-7-5-22(32(3,4)37)14-27(24)36(28)31(20-9-11-38-12-10-20)25-15-23(33)6-8-26(25)34/h5-8,13-17,20,31,37H,9-12H2,1-4H3. The van der Waals surface area contributed by atoms with Crippen LogP contribution in [0, 0.1) is 31.4 Å². The van der Waals surface area contributed by atoms with Crippen LogP contribution in [0.1, 0.15) is 55.2 Å². The molecule has 3 aromatic heterocycles. The molecule has 0 radical (unpaired) electrons. The molecule has 39 heavy (non-hydrogen) atoms. The van der Waals surface area contributed by atoms with E-state index in [1.165, 1.54) is 12.1 Å². The lowest BCUT2D eigenvalue weighted by molar-refractivity contribution is 0.0548. The summed E-state index contributed by atoms with van der Waals surface area (Å²) in [7, 11) is 0. The molecule has 0 saturated carbocycles. The van der Waals surface area contributed by atoms with Crippen LogP contribution in [0.2, 0.25) is 0 Å². The van der Waals surface area contributed by atoms with Crippen LogP contribution in [0.3, 0.4) is 0 Å². The normalized spacial score (nSPS) is 15.9. The number of nitrogens with zero attached hydrogens (tertiary/aromatic N) is 2. The Morgan fingerprint density at radius 1 is 1.03 bits per heavy atom. The van der Waals surface area contributed by atoms with Crippen LogP contribution in [0.4, 0.5) is 8.78 Å². The van der Waals surface area contributed by atoms with Gasteiger partial charge in [0.2, 0.25) is 0 Å². The van der Waals surface area contributed by atoms with E-state index in [2.05, 4.69) is 10.6 Å². The van der Waals surface area contributed by atoms with Gasteiger partial charge in [-0.2, -0.15) is 0 Å². The molecule has 202 valence electrons. The van der Waals surface area contributed by atoms with Crippen molar-refractivity contribution in [2.24, 2.45) is 5.92 Å². The SMILES string of the molecule is Cc1coc(C)c1-c1cnc2c3ccc(C(C)(C)O)cc3n(C(c3cc(F)ccc3F)C3CCOCC3)c2c1. The zero-order valence-electron chi connectivity index (χ0n) is 22.6. The van der Waals surface area contributed by atoms with Crippen molar-refractivity contribution in [1.82, 2.24) is 9.55 Å². The summed E-state index contributed by atoms with van der Waals surface area (Å²) in [6.45, 7) is 8.51. The van der Waals surface area contributed by atoms with Crippen LogP contribution < -0.4 is 0 Å². The summed E-state index contributed by atoms with van der Waals surface area (Å²) in [4.78, 5) is 4.90. The summed E-state index contributed by atoms with van der Waals surface area (Å²) < 4.78 is 43.7. The minimum Gasteiger partial charge on any atom is -0.469 e. The van der Waals surface area contributed by atoms with Crippen molar-refractivity contribution in [2.45, 2.75) is 52.2 Å². The highest BCUT2D eigenvalue weighted by atomic mass is 19.1. The average molecular weight is 531 g/mol. The molecule has 5 aromatic rings. The van der Waals surface area contributed by atoms with Crippen LogP contribution in [0.15, 0.2) is 59.3 Å². The molecule has 4 heterocycles. The van der Waals surface area contributed by atoms with E-state index in [0.29, 0.717) is 31.6 Å². The molecular formula is C32H32F2N2O3. The molecule has 1 atom stereocenters. The molecule has 1 aliphatic rings. The van der Waals surface area contributed by atoms with Gasteiger partial charge in [0.1, 0.15) is 17.4 Å². The first-order chi connectivity index (χ1) is 18.6. The fourth-order valence-electron chi connectivity index (χ4n) is 6.10. The number of fused-ring (bicyclic) bond motifs is 3. The molecule has 2 aromatic carbocycles. The molecule has 5 nitrogen and oxygen atoms in total. The van der Waals surface area contributed by atoms with Crippen molar-refractivity contribution < 1.29 is 23.0 Å². The van der Waals surface area contributed by atoms with Gasteiger partial charge < -0.3 is 18.8 Å². The quantitative estimate of drug-likeness (QED) is 0.254. The summed E-state index contributed by atoms with van der Waals surface area (Å²) in [5.74, 6) is -0.143. The summed E-state index contributed by atoms with van der Waals surface area (Å²) in [5.41, 5.74) is 5.20. The van der Waals surface area contributed by atoms with Gasteiger partial charge in [0.15, 0.2) is 0 Å². The highest BCUT2D eigenvalue weighted by Gasteiger charge is 2.33. The van der Waals surface area contributed by atoms with Gasteiger partial charge >= 0.3 is 0 Å². The van der Waals surface area contributed by atoms with E-state index >= 15 is 4.39 Å². The number of halogens is 2. The zero-order valence-corrected chi connectivity index (χ0v) is 22.6. The molecule has 1 unspecified atom stereocenters. The number of benzene rings is 2. The van der Waals surface area contributed by atoms with E-state index in [0.717, 1.165) is 56.0 Å². The Morgan fingerprint density at radius 3 is 2.49 bits per heavy atom. The predicted molar refractivity (Wildman–Crippen MR) is 148 cm³/mol. The summed E-state index contributed by atoms with van der Waals surface area (Å²) in [6.07, 6.45) is 4.99. The van der Waals surface area contributed by atoms with Gasteiger partial charge in [0.05, 0.1) is 34.5 Å². The first-order valence-electron chi connectivity index (χ1n) is 13.4. The van der Waals surface area contributed by atoms with Gasteiger partial charge in [-0.1, -0.05) is 12.1 Å². The summed E-state index contributed by atoms with van der Waals surface area (Å²) in [6, 6.07) is 11.1. The van der Waals surface area contributed by atoms with Crippen LogP contribution in [-0.4, -0.2) is 27.9 Å². The second-order valence-electron chi connectivity index (χ2n) is 11.2. The number of hydrogen-bond donors (Lipinski definition) is 1. The van der Waals surface area contributed by atoms with Gasteiger partial charge in [-0.25, -0.2) is 8.78 Å². The molecule has 0 spiro atoms. The Balaban J connectivity index is 1.72. The number of pyridine rings is 1. The van der Waals surface area contributed by atoms with Crippen molar-refractivity contribution in [3.05, 3.63) is 89.0 Å². The first kappa shape index (κ1) is 25.7. The molecule has 1 N–H and O–H groups in total. The molecule has 0 amide bonds. The zero-order chi connectivity index (χ0) is 27.5. The maximum atomic E-state index is 15.6. The van der Waals surface area contributed by atoms with Crippen LogP contribution in [-0.2, 0) is 10.3 Å². The maximum absolute atomic E-state index is 15.6. The molecular weight excluding hydrogens is 498 g/mol. The second kappa shape index (κ2) is 9.57. The fraction of sp³-hybridized carbons (Fsp3) is 0.344. The number of furan rings is 1. The third kappa shape index (κ3) is 4.43. The van der Waals surface area contributed by atoms with Gasteiger partial charge in [-0.15, -0.1) is 0 Å². The summed E-state index contributed by atoms with van der Waals surface area (Å²) >= 11 is 0. The monoisotopic (exact) mass is 530 g/mol. The van der Waals surface area contributed by atoms with Gasteiger partial charge in [0, 0.05) is 41.5 Å². The van der Waals surface area contributed by atoms with E-state index in [-0.39, 0.29) is 5.92 Å². The fourth-order valence-corrected chi connectivity index (χ4v) is 6.10. The molecule has 1 saturated heterocycles. The van der Waals surface area contributed by atoms with Crippen molar-refractivity contribution in [1.29, 1.82) is 0 Å². The second-order valence-corrected chi connectivity index (χ2v) is 11.2. The number of aliphatic hydroxyl groups is 1. The molecule has 1 aliphatic heterocycles. The van der Waals surface area contributed by atoms with E-state index < -0.39 is 23.3 Å². The van der Waals surface area contributed by atoms with E-state index in [1.54, 1.807) is 20.1 Å². The highest BCUT2D eigenvalue weighted by molar-refractivity contribution is 6.07. The van der Waals surface area contributed by atoms with Gasteiger partial charge in [-0.3, -0.25) is 4.98 Å². The molecule has 0 bridgehead atoms. The third-order valence-electron chi connectivity index (χ3n) is 8.06. The molecule has 6 rings (SSSR count). The van der Waals surface area contributed by atoms with Crippen molar-refractivity contribution in [2.75, 3.05) is 13.2 Å². The van der Waals surface area contributed by atoms with E-state index in [1.807, 2.05) is 38.2 Å². The third-order valence-corrected chi connectivity index (χ3v) is 8.06. The Kier molecular flexibility index (Phi) is 6.31. The number of aryl methyl sites for hydroxylation is 2. The van der Waals surface area contributed by atoms with Crippen LogP contribution in [0.25, 0.3) is 33.1 Å². The smallest absolute Gasteiger partial charge is 0.128 e. The lowest BCUT2D eigenvalue weighted by Crippen LogP contribution is -2.28. The van der Waals surface area contributed by atoms with Crippen molar-refractivity contribution >= 4 is 21.9 Å². The van der Waals surface area contributed by atoms with E-state index in [4.69, 9.17) is 14.1 Å². The van der Waals surface area contributed by atoms with Crippen molar-refractivity contribution in [3.63, 3.8) is 0 Å². The van der Waals surface area contributed by atoms with Crippen LogP contribution >= 0.6 is 0 Å². The number of aromatic nitrogens is 2. The minimum atomic E-state index is -1.09.